The summed E-state index contributed by atoms with van der Waals surface area (Å²) in [6.07, 6.45) is 0. The number of nitrogens with zero attached hydrogens (tertiary/aromatic N) is 3. The van der Waals surface area contributed by atoms with Crippen LogP contribution >= 0.6 is 0 Å². The molecule has 1 N–H and O–H groups in total. The van der Waals surface area contributed by atoms with Crippen molar-refractivity contribution >= 4 is 28.9 Å². The van der Waals surface area contributed by atoms with Crippen LogP contribution in [0.5, 0.6) is 0 Å². The zero-order valence-corrected chi connectivity index (χ0v) is 15.9. The van der Waals surface area contributed by atoms with E-state index in [1.807, 2.05) is 30.3 Å². The molecule has 0 fully saturated rings. The van der Waals surface area contributed by atoms with E-state index in [1.54, 1.807) is 24.3 Å². The van der Waals surface area contributed by atoms with Crippen molar-refractivity contribution in [3.05, 3.63) is 54.1 Å². The van der Waals surface area contributed by atoms with Crippen LogP contribution in [-0.2, 0) is 9.59 Å². The van der Waals surface area contributed by atoms with Crippen LogP contribution in [0.15, 0.2) is 48.5 Å². The minimum atomic E-state index is -0.326. The summed E-state index contributed by atoms with van der Waals surface area (Å²) in [5.41, 5.74) is 2.73. The van der Waals surface area contributed by atoms with Crippen molar-refractivity contribution in [2.45, 2.75) is 20.8 Å². The smallest absolute Gasteiger partial charge is 0.244 e. The molecule has 0 heterocycles. The van der Waals surface area contributed by atoms with Crippen molar-refractivity contribution < 1.29 is 9.59 Å². The van der Waals surface area contributed by atoms with Gasteiger partial charge in [-0.2, -0.15) is 5.26 Å². The molecular formula is C21H24N4O2. The lowest BCUT2D eigenvalue weighted by Gasteiger charge is -2.24. The van der Waals surface area contributed by atoms with Crippen LogP contribution in [0, 0.1) is 11.3 Å². The monoisotopic (exact) mass is 364 g/mol. The Hall–Kier alpha value is -3.33. The predicted octanol–water partition coefficient (Wildman–Crippen LogP) is 3.40. The van der Waals surface area contributed by atoms with E-state index < -0.39 is 0 Å². The highest BCUT2D eigenvalue weighted by Crippen LogP contribution is 2.21. The van der Waals surface area contributed by atoms with Crippen molar-refractivity contribution in [2.75, 3.05) is 34.8 Å². The third-order valence-corrected chi connectivity index (χ3v) is 4.25. The van der Waals surface area contributed by atoms with Gasteiger partial charge in [0.15, 0.2) is 0 Å². The molecule has 0 spiro atoms. The highest BCUT2D eigenvalue weighted by atomic mass is 16.2. The van der Waals surface area contributed by atoms with E-state index >= 15 is 0 Å². The number of benzene rings is 2. The molecule has 2 aromatic carbocycles. The predicted molar refractivity (Wildman–Crippen MR) is 108 cm³/mol. The topological polar surface area (TPSA) is 76.4 Å². The van der Waals surface area contributed by atoms with Crippen LogP contribution in [0.3, 0.4) is 0 Å². The molecular weight excluding hydrogens is 340 g/mol. The maximum Gasteiger partial charge on any atom is 0.244 e. The lowest BCUT2D eigenvalue weighted by atomic mass is 10.2. The molecule has 0 atom stereocenters. The SMILES string of the molecule is CCN(CC)c1ccc(N(CC(=O)Nc2cccc(C#N)c2)C(C)=O)cc1. The van der Waals surface area contributed by atoms with E-state index in [4.69, 9.17) is 5.26 Å². The van der Waals surface area contributed by atoms with Crippen LogP contribution in [-0.4, -0.2) is 31.4 Å². The first kappa shape index (κ1) is 20.0. The molecule has 27 heavy (non-hydrogen) atoms. The van der Waals surface area contributed by atoms with Gasteiger partial charge in [-0.25, -0.2) is 0 Å². The first-order chi connectivity index (χ1) is 13.0. The highest BCUT2D eigenvalue weighted by molar-refractivity contribution is 6.01. The normalized spacial score (nSPS) is 10.0. The second-order valence-corrected chi connectivity index (χ2v) is 6.03. The van der Waals surface area contributed by atoms with Crippen molar-refractivity contribution in [3.63, 3.8) is 0 Å². The van der Waals surface area contributed by atoms with E-state index in [-0.39, 0.29) is 18.4 Å². The Bertz CT molecular complexity index is 836. The van der Waals surface area contributed by atoms with E-state index in [9.17, 15) is 9.59 Å². The zero-order valence-electron chi connectivity index (χ0n) is 15.9. The molecule has 0 bridgehead atoms. The lowest BCUT2D eigenvalue weighted by Crippen LogP contribution is -2.36. The van der Waals surface area contributed by atoms with Crippen LogP contribution in [0.4, 0.5) is 17.1 Å². The second-order valence-electron chi connectivity index (χ2n) is 6.03. The van der Waals surface area contributed by atoms with E-state index in [1.165, 1.54) is 11.8 Å². The van der Waals surface area contributed by atoms with Gasteiger partial charge in [-0.1, -0.05) is 6.07 Å². The molecule has 0 saturated carbocycles. The number of amides is 2. The van der Waals surface area contributed by atoms with Gasteiger partial charge in [0.05, 0.1) is 11.6 Å². The fourth-order valence-corrected chi connectivity index (χ4v) is 2.83. The van der Waals surface area contributed by atoms with Crippen molar-refractivity contribution in [1.29, 1.82) is 5.26 Å². The largest absolute Gasteiger partial charge is 0.372 e. The molecule has 6 heteroatoms. The van der Waals surface area contributed by atoms with Crippen LogP contribution < -0.4 is 15.1 Å². The Morgan fingerprint density at radius 1 is 1.04 bits per heavy atom. The fraction of sp³-hybridized carbons (Fsp3) is 0.286. The molecule has 0 saturated heterocycles. The Kier molecular flexibility index (Phi) is 6.95. The summed E-state index contributed by atoms with van der Waals surface area (Å²) in [5.74, 6) is -0.542. The molecule has 140 valence electrons. The summed E-state index contributed by atoms with van der Waals surface area (Å²) in [7, 11) is 0. The summed E-state index contributed by atoms with van der Waals surface area (Å²) in [6.45, 7) is 7.31. The summed E-state index contributed by atoms with van der Waals surface area (Å²) in [5, 5.41) is 11.7. The number of anilines is 3. The van der Waals surface area contributed by atoms with Gasteiger partial charge < -0.3 is 15.1 Å². The Balaban J connectivity index is 2.11. The zero-order chi connectivity index (χ0) is 19.8. The Morgan fingerprint density at radius 2 is 1.67 bits per heavy atom. The third-order valence-electron chi connectivity index (χ3n) is 4.25. The van der Waals surface area contributed by atoms with E-state index in [0.717, 1.165) is 18.8 Å². The molecule has 6 nitrogen and oxygen atoms in total. The second kappa shape index (κ2) is 9.39. The van der Waals surface area contributed by atoms with E-state index in [0.29, 0.717) is 16.9 Å². The summed E-state index contributed by atoms with van der Waals surface area (Å²) < 4.78 is 0. The minimum absolute atomic E-state index is 0.100. The fourth-order valence-electron chi connectivity index (χ4n) is 2.83. The minimum Gasteiger partial charge on any atom is -0.372 e. The maximum atomic E-state index is 12.4. The van der Waals surface area contributed by atoms with Gasteiger partial charge in [-0.3, -0.25) is 9.59 Å². The molecule has 0 aliphatic heterocycles. The van der Waals surface area contributed by atoms with E-state index in [2.05, 4.69) is 24.1 Å². The molecule has 0 aliphatic rings. The molecule has 0 aromatic heterocycles. The standard InChI is InChI=1S/C21H24N4O2/c1-4-24(5-2)19-9-11-20(12-10-19)25(16(3)26)15-21(27)23-18-8-6-7-17(13-18)14-22/h6-13H,4-5,15H2,1-3H3,(H,23,27). The summed E-state index contributed by atoms with van der Waals surface area (Å²) in [6, 6.07) is 16.3. The summed E-state index contributed by atoms with van der Waals surface area (Å²) in [4.78, 5) is 28.1. The quantitative estimate of drug-likeness (QED) is 0.817. The third kappa shape index (κ3) is 5.32. The Labute approximate surface area is 160 Å². The van der Waals surface area contributed by atoms with Gasteiger partial charge >= 0.3 is 0 Å². The van der Waals surface area contributed by atoms with Gasteiger partial charge in [0.2, 0.25) is 11.8 Å². The number of hydrogen-bond acceptors (Lipinski definition) is 4. The van der Waals surface area contributed by atoms with Crippen molar-refractivity contribution in [2.24, 2.45) is 0 Å². The average Bonchev–Trinajstić information content (AvgIpc) is 2.67. The van der Waals surface area contributed by atoms with Crippen molar-refractivity contribution in [1.82, 2.24) is 0 Å². The van der Waals surface area contributed by atoms with Gasteiger partial charge in [0, 0.05) is 37.1 Å². The summed E-state index contributed by atoms with van der Waals surface area (Å²) >= 11 is 0. The number of hydrogen-bond donors (Lipinski definition) is 1. The Morgan fingerprint density at radius 3 is 2.22 bits per heavy atom. The number of nitrogens with one attached hydrogen (secondary N) is 1. The van der Waals surface area contributed by atoms with Crippen LogP contribution in [0.25, 0.3) is 0 Å². The van der Waals surface area contributed by atoms with Crippen molar-refractivity contribution in [3.8, 4) is 6.07 Å². The number of carbonyl (C=O) groups is 2. The van der Waals surface area contributed by atoms with Gasteiger partial charge in [0.25, 0.3) is 0 Å². The van der Waals surface area contributed by atoms with Gasteiger partial charge in [-0.15, -0.1) is 0 Å². The van der Waals surface area contributed by atoms with Crippen LogP contribution in [0.1, 0.15) is 26.3 Å². The number of rotatable bonds is 7. The molecule has 2 aromatic rings. The number of nitriles is 1. The molecule has 0 aliphatic carbocycles. The molecule has 0 unspecified atom stereocenters. The maximum absolute atomic E-state index is 12.4. The van der Waals surface area contributed by atoms with Gasteiger partial charge in [-0.05, 0) is 56.3 Å². The van der Waals surface area contributed by atoms with Gasteiger partial charge in [0.1, 0.15) is 6.54 Å². The molecule has 2 rings (SSSR count). The van der Waals surface area contributed by atoms with Crippen LogP contribution in [0.2, 0.25) is 0 Å². The first-order valence-corrected chi connectivity index (χ1v) is 8.91. The molecule has 2 amide bonds. The lowest BCUT2D eigenvalue weighted by molar-refractivity contribution is -0.120. The average molecular weight is 364 g/mol. The highest BCUT2D eigenvalue weighted by Gasteiger charge is 2.16. The molecule has 0 radical (unpaired) electrons. The number of carbonyl (C=O) groups excluding carboxylic acids is 2. The first-order valence-electron chi connectivity index (χ1n) is 8.91.